The van der Waals surface area contributed by atoms with Crippen LogP contribution >= 0.6 is 0 Å². The van der Waals surface area contributed by atoms with Crippen molar-refractivity contribution in [3.8, 4) is 0 Å². The van der Waals surface area contributed by atoms with Gasteiger partial charge >= 0.3 is 5.97 Å². The summed E-state index contributed by atoms with van der Waals surface area (Å²) in [7, 11) is 0. The molecule has 8 heteroatoms. The third-order valence-corrected chi connectivity index (χ3v) is 5.20. The zero-order valence-electron chi connectivity index (χ0n) is 14.3. The summed E-state index contributed by atoms with van der Waals surface area (Å²) >= 11 is 0. The van der Waals surface area contributed by atoms with Crippen LogP contribution in [0.5, 0.6) is 0 Å². The highest BCUT2D eigenvalue weighted by Crippen LogP contribution is 2.48. The average molecular weight is 354 g/mol. The number of Topliss-reactive ketones (excluding diaryl/α,β-unsaturated/α-hetero) is 1. The fourth-order valence-corrected chi connectivity index (χ4v) is 3.67. The summed E-state index contributed by atoms with van der Waals surface area (Å²) in [6, 6.07) is 0. The van der Waals surface area contributed by atoms with E-state index in [9.17, 15) is 30.0 Å². The Kier molecular flexibility index (Phi) is 3.98. The first-order valence-electron chi connectivity index (χ1n) is 8.10. The molecule has 0 aliphatic carbocycles. The predicted molar refractivity (Wildman–Crippen MR) is 82.8 cm³/mol. The summed E-state index contributed by atoms with van der Waals surface area (Å²) in [5, 5.41) is 42.1. The summed E-state index contributed by atoms with van der Waals surface area (Å²) in [5.41, 5.74) is -3.30. The van der Waals surface area contributed by atoms with Crippen molar-refractivity contribution in [3.05, 3.63) is 23.0 Å². The predicted octanol–water partition coefficient (Wildman–Crippen LogP) is -0.553. The minimum absolute atomic E-state index is 0.0303. The van der Waals surface area contributed by atoms with Gasteiger partial charge < -0.3 is 29.9 Å². The van der Waals surface area contributed by atoms with E-state index in [0.717, 1.165) is 6.92 Å². The number of hydrogen-bond donors (Lipinski definition) is 4. The summed E-state index contributed by atoms with van der Waals surface area (Å²) in [4.78, 5) is 23.7. The number of esters is 1. The summed E-state index contributed by atoms with van der Waals surface area (Å²) in [6.45, 7) is 4.09. The van der Waals surface area contributed by atoms with Crippen LogP contribution in [0.4, 0.5) is 0 Å². The van der Waals surface area contributed by atoms with E-state index in [2.05, 4.69) is 0 Å². The van der Waals surface area contributed by atoms with E-state index < -0.39 is 40.9 Å². The molecule has 3 heterocycles. The summed E-state index contributed by atoms with van der Waals surface area (Å²) < 4.78 is 10.8. The SMILES string of the molecule is CC(=O)C(O)C1=C2C(=CC3(C)CCC(O)(O3)C(C)(O)CC2O)OC1=O. The second kappa shape index (κ2) is 5.46. The van der Waals surface area contributed by atoms with Gasteiger partial charge in [0.2, 0.25) is 0 Å². The number of ketones is 1. The highest BCUT2D eigenvalue weighted by molar-refractivity contribution is 6.02. The first-order chi connectivity index (χ1) is 11.4. The summed E-state index contributed by atoms with van der Waals surface area (Å²) in [5.74, 6) is -3.53. The van der Waals surface area contributed by atoms with Gasteiger partial charge in [0, 0.05) is 18.4 Å². The molecule has 1 saturated heterocycles. The molecule has 1 fully saturated rings. The molecule has 0 radical (unpaired) electrons. The van der Waals surface area contributed by atoms with Crippen molar-refractivity contribution in [1.82, 2.24) is 0 Å². The normalized spacial score (nSPS) is 42.1. The van der Waals surface area contributed by atoms with E-state index in [-0.39, 0.29) is 29.7 Å². The van der Waals surface area contributed by atoms with Crippen molar-refractivity contribution < 1.29 is 39.5 Å². The third-order valence-electron chi connectivity index (χ3n) is 5.20. The minimum atomic E-state index is -1.89. The van der Waals surface area contributed by atoms with Crippen LogP contribution in [0.1, 0.15) is 40.0 Å². The molecule has 0 spiro atoms. The van der Waals surface area contributed by atoms with E-state index in [1.165, 1.54) is 13.0 Å². The Balaban J connectivity index is 2.20. The van der Waals surface area contributed by atoms with Crippen LogP contribution in [-0.2, 0) is 19.1 Å². The Morgan fingerprint density at radius 3 is 2.56 bits per heavy atom. The van der Waals surface area contributed by atoms with Crippen LogP contribution in [-0.4, -0.2) is 61.4 Å². The fourth-order valence-electron chi connectivity index (χ4n) is 3.67. The number of aliphatic hydroxyl groups is 4. The van der Waals surface area contributed by atoms with Gasteiger partial charge in [0.15, 0.2) is 11.6 Å². The third kappa shape index (κ3) is 2.74. The van der Waals surface area contributed by atoms with E-state index in [0.29, 0.717) is 6.42 Å². The standard InChI is InChI=1S/C17H22O8/c1-8(18)13(20)12-11-9(19)6-16(3,22)17(23)5-4-15(2,25-17)7-10(11)24-14(12)21/h7,9,13,19-20,22-23H,4-6H2,1-3H3. The molecule has 4 N–H and O–H groups in total. The Bertz CT molecular complexity index is 705. The quantitative estimate of drug-likeness (QED) is 0.485. The minimum Gasteiger partial charge on any atom is -0.423 e. The molecule has 5 unspecified atom stereocenters. The monoisotopic (exact) mass is 354 g/mol. The van der Waals surface area contributed by atoms with E-state index in [1.54, 1.807) is 6.92 Å². The molecule has 3 aliphatic heterocycles. The molecule has 3 aliphatic rings. The van der Waals surface area contributed by atoms with Gasteiger partial charge in [0.25, 0.3) is 0 Å². The Morgan fingerprint density at radius 2 is 1.96 bits per heavy atom. The van der Waals surface area contributed by atoms with Crippen LogP contribution in [0.15, 0.2) is 23.0 Å². The van der Waals surface area contributed by atoms with E-state index in [1.807, 2.05) is 0 Å². The van der Waals surface area contributed by atoms with Crippen LogP contribution in [0.25, 0.3) is 0 Å². The van der Waals surface area contributed by atoms with Gasteiger partial charge in [-0.1, -0.05) is 0 Å². The van der Waals surface area contributed by atoms with Crippen molar-refractivity contribution in [2.75, 3.05) is 0 Å². The van der Waals surface area contributed by atoms with E-state index >= 15 is 0 Å². The number of rotatable bonds is 2. The maximum Gasteiger partial charge on any atom is 0.343 e. The molecule has 8 nitrogen and oxygen atoms in total. The smallest absolute Gasteiger partial charge is 0.343 e. The van der Waals surface area contributed by atoms with Crippen LogP contribution in [0.3, 0.4) is 0 Å². The van der Waals surface area contributed by atoms with Gasteiger partial charge in [-0.05, 0) is 33.3 Å². The summed E-state index contributed by atoms with van der Waals surface area (Å²) in [6.07, 6.45) is -1.67. The Hall–Kier alpha value is -1.58. The number of aliphatic hydroxyl groups excluding tert-OH is 2. The lowest BCUT2D eigenvalue weighted by atomic mass is 9.82. The van der Waals surface area contributed by atoms with Crippen LogP contribution in [0, 0.1) is 0 Å². The van der Waals surface area contributed by atoms with Crippen LogP contribution in [0.2, 0.25) is 0 Å². The molecule has 25 heavy (non-hydrogen) atoms. The van der Waals surface area contributed by atoms with Gasteiger partial charge in [-0.2, -0.15) is 0 Å². The number of carbonyl (C=O) groups excluding carboxylic acids is 2. The highest BCUT2D eigenvalue weighted by atomic mass is 16.7. The number of fused-ring (bicyclic) bond motifs is 3. The number of ether oxygens (including phenoxy) is 2. The number of carbonyl (C=O) groups is 2. The lowest BCUT2D eigenvalue weighted by molar-refractivity contribution is -0.297. The topological polar surface area (TPSA) is 134 Å². The maximum absolute atomic E-state index is 12.2. The molecule has 0 aromatic rings. The zero-order valence-corrected chi connectivity index (χ0v) is 14.3. The molecule has 2 bridgehead atoms. The van der Waals surface area contributed by atoms with Crippen molar-refractivity contribution >= 4 is 11.8 Å². The second-order valence-corrected chi connectivity index (χ2v) is 7.43. The largest absolute Gasteiger partial charge is 0.423 e. The van der Waals surface area contributed by atoms with Gasteiger partial charge in [-0.15, -0.1) is 0 Å². The maximum atomic E-state index is 12.2. The lowest BCUT2D eigenvalue weighted by Crippen LogP contribution is -2.54. The molecule has 0 aromatic heterocycles. The lowest BCUT2D eigenvalue weighted by Gasteiger charge is -2.39. The fraction of sp³-hybridized carbons (Fsp3) is 0.647. The van der Waals surface area contributed by atoms with E-state index in [4.69, 9.17) is 9.47 Å². The zero-order chi connectivity index (χ0) is 18.8. The van der Waals surface area contributed by atoms with Crippen molar-refractivity contribution in [3.63, 3.8) is 0 Å². The molecular weight excluding hydrogens is 332 g/mol. The average Bonchev–Trinajstić information content (AvgIpc) is 2.95. The van der Waals surface area contributed by atoms with Crippen LogP contribution < -0.4 is 0 Å². The van der Waals surface area contributed by atoms with Gasteiger partial charge in [-0.25, -0.2) is 4.79 Å². The molecule has 0 amide bonds. The Morgan fingerprint density at radius 1 is 1.32 bits per heavy atom. The van der Waals surface area contributed by atoms with Gasteiger partial charge in [-0.3, -0.25) is 4.79 Å². The molecule has 3 rings (SSSR count). The molecule has 0 aromatic carbocycles. The second-order valence-electron chi connectivity index (χ2n) is 7.43. The highest BCUT2D eigenvalue weighted by Gasteiger charge is 2.58. The number of hydrogen-bond acceptors (Lipinski definition) is 8. The Labute approximate surface area is 144 Å². The molecular formula is C17H22O8. The van der Waals surface area contributed by atoms with Gasteiger partial charge in [0.1, 0.15) is 17.5 Å². The van der Waals surface area contributed by atoms with Crippen molar-refractivity contribution in [2.45, 2.75) is 69.2 Å². The molecule has 5 atom stereocenters. The molecule has 138 valence electrons. The first kappa shape index (κ1) is 18.2. The van der Waals surface area contributed by atoms with Crippen molar-refractivity contribution in [1.29, 1.82) is 0 Å². The van der Waals surface area contributed by atoms with Crippen molar-refractivity contribution in [2.24, 2.45) is 0 Å². The van der Waals surface area contributed by atoms with Gasteiger partial charge in [0.05, 0.1) is 17.3 Å². The first-order valence-corrected chi connectivity index (χ1v) is 8.10. The molecule has 0 saturated carbocycles.